The number of carbonyl (C=O) groups excluding carboxylic acids is 1. The van der Waals surface area contributed by atoms with E-state index in [1.165, 1.54) is 0 Å². The van der Waals surface area contributed by atoms with Crippen LogP contribution in [0.25, 0.3) is 0 Å². The maximum Gasteiger partial charge on any atom is 0.254 e. The number of carbonyl (C=O) groups is 1. The van der Waals surface area contributed by atoms with Crippen LogP contribution >= 0.6 is 11.8 Å². The molecule has 0 aromatic heterocycles. The fraction of sp³-hybridized carbons (Fsp3) is 0.588. The van der Waals surface area contributed by atoms with E-state index < -0.39 is 0 Å². The third-order valence-corrected chi connectivity index (χ3v) is 5.51. The molecule has 0 radical (unpaired) electrons. The SMILES string of the molecule is COc1ccc(C(=O)N(C[C@H]2CCCO2)[C@H]2CCSC2)cc1. The summed E-state index contributed by atoms with van der Waals surface area (Å²) in [7, 11) is 1.64. The minimum absolute atomic E-state index is 0.116. The molecule has 0 N–H and O–H groups in total. The van der Waals surface area contributed by atoms with Crippen LogP contribution in [0.15, 0.2) is 24.3 Å². The Morgan fingerprint density at radius 1 is 1.36 bits per heavy atom. The second-order valence-corrected chi connectivity index (χ2v) is 6.99. The highest BCUT2D eigenvalue weighted by Gasteiger charge is 2.31. The molecule has 2 saturated heterocycles. The van der Waals surface area contributed by atoms with Crippen molar-refractivity contribution in [2.24, 2.45) is 0 Å². The summed E-state index contributed by atoms with van der Waals surface area (Å²) in [6, 6.07) is 7.74. The summed E-state index contributed by atoms with van der Waals surface area (Å²) in [5, 5.41) is 0. The first kappa shape index (κ1) is 15.7. The first-order valence-electron chi connectivity index (χ1n) is 7.92. The largest absolute Gasteiger partial charge is 0.497 e. The van der Waals surface area contributed by atoms with Gasteiger partial charge in [0.2, 0.25) is 0 Å². The van der Waals surface area contributed by atoms with Crippen molar-refractivity contribution in [3.8, 4) is 5.75 Å². The Balaban J connectivity index is 1.74. The van der Waals surface area contributed by atoms with Gasteiger partial charge in [-0.25, -0.2) is 0 Å². The van der Waals surface area contributed by atoms with Gasteiger partial charge in [-0.05, 0) is 49.3 Å². The average molecular weight is 321 g/mol. The minimum Gasteiger partial charge on any atom is -0.497 e. The van der Waals surface area contributed by atoms with Crippen molar-refractivity contribution >= 4 is 17.7 Å². The van der Waals surface area contributed by atoms with Crippen molar-refractivity contribution in [1.82, 2.24) is 4.90 Å². The molecule has 0 unspecified atom stereocenters. The molecule has 0 saturated carbocycles. The summed E-state index contributed by atoms with van der Waals surface area (Å²) < 4.78 is 10.9. The van der Waals surface area contributed by atoms with Crippen molar-refractivity contribution in [2.45, 2.75) is 31.4 Å². The molecule has 2 heterocycles. The minimum atomic E-state index is 0.116. The van der Waals surface area contributed by atoms with E-state index in [0.717, 1.165) is 55.2 Å². The molecule has 1 aromatic rings. The normalized spacial score (nSPS) is 24.4. The van der Waals surface area contributed by atoms with Crippen molar-refractivity contribution in [3.63, 3.8) is 0 Å². The van der Waals surface area contributed by atoms with Crippen LogP contribution in [0.1, 0.15) is 29.6 Å². The Bertz CT molecular complexity index is 493. The third kappa shape index (κ3) is 3.58. The number of ether oxygens (including phenoxy) is 2. The van der Waals surface area contributed by atoms with E-state index >= 15 is 0 Å². The maximum absolute atomic E-state index is 12.9. The monoisotopic (exact) mass is 321 g/mol. The van der Waals surface area contributed by atoms with Gasteiger partial charge in [0.1, 0.15) is 5.75 Å². The first-order valence-corrected chi connectivity index (χ1v) is 9.08. The Kier molecular flexibility index (Phi) is 5.26. The van der Waals surface area contributed by atoms with Gasteiger partial charge in [0.05, 0.1) is 13.2 Å². The van der Waals surface area contributed by atoms with Crippen LogP contribution in [-0.4, -0.2) is 54.7 Å². The highest BCUT2D eigenvalue weighted by atomic mass is 32.2. The van der Waals surface area contributed by atoms with Gasteiger partial charge < -0.3 is 14.4 Å². The Morgan fingerprint density at radius 2 is 2.18 bits per heavy atom. The lowest BCUT2D eigenvalue weighted by atomic mass is 10.1. The molecule has 120 valence electrons. The van der Waals surface area contributed by atoms with Crippen molar-refractivity contribution in [1.29, 1.82) is 0 Å². The van der Waals surface area contributed by atoms with E-state index in [2.05, 4.69) is 0 Å². The molecular weight excluding hydrogens is 298 g/mol. The highest BCUT2D eigenvalue weighted by Crippen LogP contribution is 2.26. The molecule has 2 aliphatic rings. The number of hydrogen-bond donors (Lipinski definition) is 0. The van der Waals surface area contributed by atoms with Crippen LogP contribution in [0.4, 0.5) is 0 Å². The van der Waals surface area contributed by atoms with Gasteiger partial charge in [0.25, 0.3) is 5.91 Å². The molecule has 22 heavy (non-hydrogen) atoms. The quantitative estimate of drug-likeness (QED) is 0.836. The Labute approximate surface area is 136 Å². The fourth-order valence-electron chi connectivity index (χ4n) is 3.07. The summed E-state index contributed by atoms with van der Waals surface area (Å²) in [4.78, 5) is 15.0. The number of nitrogens with zero attached hydrogens (tertiary/aromatic N) is 1. The van der Waals surface area contributed by atoms with Gasteiger partial charge in [-0.3, -0.25) is 4.79 Å². The van der Waals surface area contributed by atoms with E-state index in [1.54, 1.807) is 7.11 Å². The highest BCUT2D eigenvalue weighted by molar-refractivity contribution is 7.99. The van der Waals surface area contributed by atoms with Gasteiger partial charge in [-0.1, -0.05) is 0 Å². The number of thioether (sulfide) groups is 1. The summed E-state index contributed by atoms with van der Waals surface area (Å²) in [6.45, 7) is 1.55. The van der Waals surface area contributed by atoms with E-state index in [-0.39, 0.29) is 12.0 Å². The van der Waals surface area contributed by atoms with Crippen LogP contribution in [0.2, 0.25) is 0 Å². The lowest BCUT2D eigenvalue weighted by Gasteiger charge is -2.31. The molecule has 3 rings (SSSR count). The zero-order valence-electron chi connectivity index (χ0n) is 13.0. The van der Waals surface area contributed by atoms with Crippen LogP contribution < -0.4 is 4.74 Å². The van der Waals surface area contributed by atoms with Crippen LogP contribution in [0.3, 0.4) is 0 Å². The molecular formula is C17H23NO3S. The summed E-state index contributed by atoms with van der Waals surface area (Å²) in [6.07, 6.45) is 3.45. The number of hydrogen-bond acceptors (Lipinski definition) is 4. The number of amides is 1. The molecule has 1 amide bonds. The lowest BCUT2D eigenvalue weighted by Crippen LogP contribution is -2.44. The average Bonchev–Trinajstić information content (AvgIpc) is 3.25. The topological polar surface area (TPSA) is 38.8 Å². The van der Waals surface area contributed by atoms with E-state index in [0.29, 0.717) is 6.04 Å². The van der Waals surface area contributed by atoms with Crippen molar-refractivity contribution < 1.29 is 14.3 Å². The molecule has 4 nitrogen and oxygen atoms in total. The fourth-order valence-corrected chi connectivity index (χ4v) is 4.30. The van der Waals surface area contributed by atoms with Crippen LogP contribution in [-0.2, 0) is 4.74 Å². The standard InChI is InChI=1S/C17H23NO3S/c1-20-15-6-4-13(5-7-15)17(19)18(14-8-10-22-12-14)11-16-3-2-9-21-16/h4-7,14,16H,2-3,8-12H2,1H3/t14-,16+/m0/s1. The Hall–Kier alpha value is -1.20. The predicted molar refractivity (Wildman–Crippen MR) is 88.7 cm³/mol. The molecule has 0 aliphatic carbocycles. The number of benzene rings is 1. The molecule has 0 spiro atoms. The summed E-state index contributed by atoms with van der Waals surface area (Å²) in [5.74, 6) is 3.07. The van der Waals surface area contributed by atoms with Crippen LogP contribution in [0.5, 0.6) is 5.75 Å². The second kappa shape index (κ2) is 7.38. The second-order valence-electron chi connectivity index (χ2n) is 5.84. The molecule has 5 heteroatoms. The molecule has 1 aromatic carbocycles. The van der Waals surface area contributed by atoms with Gasteiger partial charge in [-0.2, -0.15) is 11.8 Å². The van der Waals surface area contributed by atoms with E-state index in [4.69, 9.17) is 9.47 Å². The van der Waals surface area contributed by atoms with Crippen LogP contribution in [0, 0.1) is 0 Å². The Morgan fingerprint density at radius 3 is 2.77 bits per heavy atom. The van der Waals surface area contributed by atoms with E-state index in [1.807, 2.05) is 40.9 Å². The van der Waals surface area contributed by atoms with Crippen molar-refractivity contribution in [3.05, 3.63) is 29.8 Å². The zero-order chi connectivity index (χ0) is 15.4. The maximum atomic E-state index is 12.9. The molecule has 2 aliphatic heterocycles. The number of rotatable bonds is 5. The van der Waals surface area contributed by atoms with E-state index in [9.17, 15) is 4.79 Å². The van der Waals surface area contributed by atoms with Gasteiger partial charge in [0.15, 0.2) is 0 Å². The van der Waals surface area contributed by atoms with Gasteiger partial charge in [-0.15, -0.1) is 0 Å². The van der Waals surface area contributed by atoms with Gasteiger partial charge >= 0.3 is 0 Å². The zero-order valence-corrected chi connectivity index (χ0v) is 13.8. The molecule has 2 atom stereocenters. The number of methoxy groups -OCH3 is 1. The third-order valence-electron chi connectivity index (χ3n) is 4.37. The summed E-state index contributed by atoms with van der Waals surface area (Å²) in [5.41, 5.74) is 0.732. The van der Waals surface area contributed by atoms with Gasteiger partial charge in [0, 0.05) is 30.5 Å². The predicted octanol–water partition coefficient (Wildman–Crippen LogP) is 2.82. The lowest BCUT2D eigenvalue weighted by molar-refractivity contribution is 0.0442. The molecule has 2 fully saturated rings. The van der Waals surface area contributed by atoms with Crippen molar-refractivity contribution in [2.75, 3.05) is 31.8 Å². The summed E-state index contributed by atoms with van der Waals surface area (Å²) >= 11 is 1.93. The molecule has 0 bridgehead atoms. The first-order chi connectivity index (χ1) is 10.8. The smallest absolute Gasteiger partial charge is 0.254 e.